The Morgan fingerprint density at radius 2 is 1.74 bits per heavy atom. The van der Waals surface area contributed by atoms with Crippen LogP contribution in [-0.2, 0) is 4.79 Å². The van der Waals surface area contributed by atoms with Crippen LogP contribution in [0.25, 0.3) is 0 Å². The fraction of sp³-hybridized carbons (Fsp3) is 0.190. The van der Waals surface area contributed by atoms with E-state index in [2.05, 4.69) is 11.8 Å². The van der Waals surface area contributed by atoms with Crippen LogP contribution in [0.15, 0.2) is 65.9 Å². The molecule has 2 heteroatoms. The number of benzene rings is 2. The second-order valence-corrected chi connectivity index (χ2v) is 5.82. The summed E-state index contributed by atoms with van der Waals surface area (Å²) in [5.41, 5.74) is 2.71. The summed E-state index contributed by atoms with van der Waals surface area (Å²) in [6, 6.07) is 17.8. The molecule has 0 N–H and O–H groups in total. The summed E-state index contributed by atoms with van der Waals surface area (Å²) < 4.78 is 5.98. The number of hydrogen-bond donors (Lipinski definition) is 0. The molecule has 1 atom stereocenters. The van der Waals surface area contributed by atoms with Gasteiger partial charge in [0.15, 0.2) is 5.78 Å². The summed E-state index contributed by atoms with van der Waals surface area (Å²) in [5.74, 6) is 8.15. The van der Waals surface area contributed by atoms with E-state index in [4.69, 9.17) is 4.74 Å². The quantitative estimate of drug-likeness (QED) is 0.681. The van der Waals surface area contributed by atoms with Crippen LogP contribution in [0, 0.1) is 11.8 Å². The predicted octanol–water partition coefficient (Wildman–Crippen LogP) is 4.22. The minimum absolute atomic E-state index is 0.174. The molecule has 1 aliphatic heterocycles. The highest BCUT2D eigenvalue weighted by atomic mass is 16.5. The van der Waals surface area contributed by atoms with E-state index in [1.165, 1.54) is 0 Å². The maximum absolute atomic E-state index is 12.5. The summed E-state index contributed by atoms with van der Waals surface area (Å²) in [7, 11) is 0. The van der Waals surface area contributed by atoms with Crippen molar-refractivity contribution >= 4 is 5.78 Å². The number of para-hydroxylation sites is 1. The number of hydrogen-bond acceptors (Lipinski definition) is 2. The van der Waals surface area contributed by atoms with Crippen molar-refractivity contribution in [3.63, 3.8) is 0 Å². The number of ketones is 1. The van der Waals surface area contributed by atoms with Crippen molar-refractivity contribution in [2.45, 2.75) is 25.2 Å². The van der Waals surface area contributed by atoms with E-state index in [9.17, 15) is 4.79 Å². The van der Waals surface area contributed by atoms with Gasteiger partial charge in [-0.1, -0.05) is 48.2 Å². The van der Waals surface area contributed by atoms with Crippen molar-refractivity contribution in [3.8, 4) is 17.6 Å². The monoisotopic (exact) mass is 300 g/mol. The number of rotatable bonds is 0. The second kappa shape index (κ2) is 5.78. The number of carbonyl (C=O) groups excluding carboxylic acids is 1. The lowest BCUT2D eigenvalue weighted by atomic mass is 9.81. The molecule has 4 rings (SSSR count). The van der Waals surface area contributed by atoms with Gasteiger partial charge in [0, 0.05) is 24.0 Å². The van der Waals surface area contributed by atoms with Crippen LogP contribution in [0.1, 0.15) is 36.3 Å². The molecule has 0 fully saturated rings. The molecule has 0 radical (unpaired) electrons. The number of fused-ring (bicyclic) bond motifs is 1. The van der Waals surface area contributed by atoms with Gasteiger partial charge in [-0.25, -0.2) is 0 Å². The van der Waals surface area contributed by atoms with Gasteiger partial charge in [0.05, 0.1) is 11.5 Å². The summed E-state index contributed by atoms with van der Waals surface area (Å²) in [6.07, 6.45) is 2.27. The molecule has 0 bridgehead atoms. The van der Waals surface area contributed by atoms with Crippen molar-refractivity contribution in [3.05, 3.63) is 77.1 Å². The van der Waals surface area contributed by atoms with Gasteiger partial charge in [-0.05, 0) is 24.6 Å². The Bertz CT molecular complexity index is 850. The molecule has 1 unspecified atom stereocenters. The minimum Gasteiger partial charge on any atom is -0.461 e. The average molecular weight is 300 g/mol. The van der Waals surface area contributed by atoms with Crippen LogP contribution in [0.3, 0.4) is 0 Å². The van der Waals surface area contributed by atoms with Crippen molar-refractivity contribution < 1.29 is 9.53 Å². The van der Waals surface area contributed by atoms with E-state index in [1.54, 1.807) is 0 Å². The lowest BCUT2D eigenvalue weighted by Gasteiger charge is -2.29. The molecule has 112 valence electrons. The molecule has 2 aromatic rings. The van der Waals surface area contributed by atoms with Gasteiger partial charge in [0.1, 0.15) is 11.5 Å². The molecule has 0 spiro atoms. The molecule has 1 heterocycles. The minimum atomic E-state index is -0.192. The van der Waals surface area contributed by atoms with E-state index in [-0.39, 0.29) is 11.7 Å². The Morgan fingerprint density at radius 1 is 0.957 bits per heavy atom. The zero-order valence-electron chi connectivity index (χ0n) is 12.7. The summed E-state index contributed by atoms with van der Waals surface area (Å²) >= 11 is 0. The highest BCUT2D eigenvalue weighted by molar-refractivity contribution is 5.99. The maximum Gasteiger partial charge on any atom is 0.163 e. The van der Waals surface area contributed by atoms with Gasteiger partial charge in [-0.3, -0.25) is 4.79 Å². The normalized spacial score (nSPS) is 19.1. The molecule has 0 amide bonds. The Kier molecular flexibility index (Phi) is 3.48. The van der Waals surface area contributed by atoms with E-state index in [0.29, 0.717) is 6.42 Å². The highest BCUT2D eigenvalue weighted by Crippen LogP contribution is 2.42. The van der Waals surface area contributed by atoms with E-state index >= 15 is 0 Å². The fourth-order valence-electron chi connectivity index (χ4n) is 3.19. The molecule has 0 saturated carbocycles. The molecule has 0 saturated heterocycles. The van der Waals surface area contributed by atoms with Crippen molar-refractivity contribution in [1.29, 1.82) is 0 Å². The molecular weight excluding hydrogens is 284 g/mol. The number of ether oxygens (including phenoxy) is 1. The fourth-order valence-corrected chi connectivity index (χ4v) is 3.19. The zero-order valence-corrected chi connectivity index (χ0v) is 12.7. The molecule has 2 nitrogen and oxygen atoms in total. The predicted molar refractivity (Wildman–Crippen MR) is 89.0 cm³/mol. The first-order valence-corrected chi connectivity index (χ1v) is 7.92. The highest BCUT2D eigenvalue weighted by Gasteiger charge is 2.34. The van der Waals surface area contributed by atoms with Gasteiger partial charge in [-0.15, -0.1) is 0 Å². The molecule has 1 aliphatic carbocycles. The van der Waals surface area contributed by atoms with Crippen LogP contribution < -0.4 is 4.74 Å². The van der Waals surface area contributed by atoms with Gasteiger partial charge in [0.2, 0.25) is 0 Å². The van der Waals surface area contributed by atoms with Gasteiger partial charge in [-0.2, -0.15) is 0 Å². The first kappa shape index (κ1) is 13.8. The standard InChI is InChI=1S/C21H16O2/c22-18-10-6-12-20-21(18)17(14-13-15-7-2-1-3-8-15)16-9-4-5-11-19(16)23-20/h1-5,7-9,11,17H,6,10,12H2. The smallest absolute Gasteiger partial charge is 0.163 e. The van der Waals surface area contributed by atoms with Crippen molar-refractivity contribution in [2.24, 2.45) is 0 Å². The van der Waals surface area contributed by atoms with Gasteiger partial charge >= 0.3 is 0 Å². The van der Waals surface area contributed by atoms with Crippen LogP contribution in [0.4, 0.5) is 0 Å². The summed E-state index contributed by atoms with van der Waals surface area (Å²) in [5, 5.41) is 0. The Labute approximate surface area is 135 Å². The molecule has 0 aromatic heterocycles. The van der Waals surface area contributed by atoms with E-state index in [1.807, 2.05) is 54.6 Å². The lowest BCUT2D eigenvalue weighted by Crippen LogP contribution is -2.24. The van der Waals surface area contributed by atoms with Crippen molar-refractivity contribution in [2.75, 3.05) is 0 Å². The largest absolute Gasteiger partial charge is 0.461 e. The zero-order chi connectivity index (χ0) is 15.6. The van der Waals surface area contributed by atoms with Crippen LogP contribution in [0.5, 0.6) is 5.75 Å². The average Bonchev–Trinajstić information content (AvgIpc) is 2.60. The van der Waals surface area contributed by atoms with Crippen molar-refractivity contribution in [1.82, 2.24) is 0 Å². The molecule has 2 aromatic carbocycles. The third kappa shape index (κ3) is 2.55. The van der Waals surface area contributed by atoms with Crippen LogP contribution in [0.2, 0.25) is 0 Å². The Hall–Kier alpha value is -2.79. The molecule has 2 aliphatic rings. The SMILES string of the molecule is O=C1CCCC2=C1C(C#Cc1ccccc1)c1ccccc1O2. The summed E-state index contributed by atoms with van der Waals surface area (Å²) in [4.78, 5) is 12.5. The third-order valence-corrected chi connectivity index (χ3v) is 4.29. The number of allylic oxidation sites excluding steroid dienone is 2. The molecular formula is C21H16O2. The van der Waals surface area contributed by atoms with Crippen LogP contribution >= 0.6 is 0 Å². The van der Waals surface area contributed by atoms with Gasteiger partial charge < -0.3 is 4.74 Å². The summed E-state index contributed by atoms with van der Waals surface area (Å²) in [6.45, 7) is 0. The first-order valence-electron chi connectivity index (χ1n) is 7.92. The molecule has 23 heavy (non-hydrogen) atoms. The first-order chi connectivity index (χ1) is 11.3. The maximum atomic E-state index is 12.5. The van der Waals surface area contributed by atoms with Gasteiger partial charge in [0.25, 0.3) is 0 Å². The second-order valence-electron chi connectivity index (χ2n) is 5.82. The number of Topliss-reactive ketones (excluding diaryl/α,β-unsaturated/α-hetero) is 1. The third-order valence-electron chi connectivity index (χ3n) is 4.29. The topological polar surface area (TPSA) is 26.3 Å². The Morgan fingerprint density at radius 3 is 2.61 bits per heavy atom. The van der Waals surface area contributed by atoms with E-state index < -0.39 is 0 Å². The Balaban J connectivity index is 1.83. The van der Waals surface area contributed by atoms with Crippen LogP contribution in [-0.4, -0.2) is 5.78 Å². The lowest BCUT2D eigenvalue weighted by molar-refractivity contribution is -0.116. The van der Waals surface area contributed by atoms with E-state index in [0.717, 1.165) is 41.1 Å². The number of carbonyl (C=O) groups is 1.